The number of nitrogens with one attached hydrogen (secondary N) is 1. The van der Waals surface area contributed by atoms with Crippen LogP contribution in [0.4, 0.5) is 0 Å². The van der Waals surface area contributed by atoms with E-state index in [2.05, 4.69) is 81.6 Å². The summed E-state index contributed by atoms with van der Waals surface area (Å²) >= 11 is 0. The van der Waals surface area contributed by atoms with Crippen LogP contribution in [0.15, 0.2) is 54.6 Å². The van der Waals surface area contributed by atoms with Crippen LogP contribution in [0.3, 0.4) is 0 Å². The van der Waals surface area contributed by atoms with Gasteiger partial charge in [0.25, 0.3) is 0 Å². The lowest BCUT2D eigenvalue weighted by atomic mass is 10.1. The van der Waals surface area contributed by atoms with Crippen molar-refractivity contribution in [1.29, 1.82) is 0 Å². The maximum Gasteiger partial charge on any atom is 0.192 e. The molecule has 0 heterocycles. The molecule has 0 bridgehead atoms. The molecule has 0 aromatic heterocycles. The van der Waals surface area contributed by atoms with Crippen LogP contribution in [0.5, 0.6) is 5.75 Å². The van der Waals surface area contributed by atoms with Gasteiger partial charge in [-0.3, -0.25) is 0 Å². The Morgan fingerprint density at radius 2 is 1.58 bits per heavy atom. The van der Waals surface area contributed by atoms with Crippen molar-refractivity contribution in [3.05, 3.63) is 65.7 Å². The van der Waals surface area contributed by atoms with Crippen molar-refractivity contribution in [2.45, 2.75) is 51.6 Å². The molecule has 0 aliphatic rings. The van der Waals surface area contributed by atoms with E-state index in [1.54, 1.807) is 7.11 Å². The summed E-state index contributed by atoms with van der Waals surface area (Å²) in [6, 6.07) is 18.7. The van der Waals surface area contributed by atoms with E-state index in [1.165, 1.54) is 11.1 Å². The van der Waals surface area contributed by atoms with Gasteiger partial charge >= 0.3 is 0 Å². The van der Waals surface area contributed by atoms with Crippen molar-refractivity contribution >= 4 is 8.32 Å². The highest BCUT2D eigenvalue weighted by Gasteiger charge is 2.39. The molecule has 0 saturated heterocycles. The highest BCUT2D eigenvalue weighted by molar-refractivity contribution is 6.74. The molecule has 0 amide bonds. The molecule has 0 saturated carbocycles. The molecule has 0 aliphatic carbocycles. The Labute approximate surface area is 159 Å². The van der Waals surface area contributed by atoms with Crippen LogP contribution in [-0.4, -0.2) is 22.0 Å². The van der Waals surface area contributed by atoms with Gasteiger partial charge in [-0.25, -0.2) is 0 Å². The summed E-state index contributed by atoms with van der Waals surface area (Å²) in [6.45, 7) is 13.1. The van der Waals surface area contributed by atoms with Crippen LogP contribution >= 0.6 is 0 Å². The normalized spacial score (nSPS) is 13.5. The molecule has 0 fully saturated rings. The first-order valence-electron chi connectivity index (χ1n) is 9.29. The molecule has 2 aromatic rings. The molecule has 4 heteroatoms. The number of hydrogen-bond donors (Lipinski definition) is 1. The Kier molecular flexibility index (Phi) is 7.04. The van der Waals surface area contributed by atoms with E-state index >= 15 is 0 Å². The summed E-state index contributed by atoms with van der Waals surface area (Å²) in [5.41, 5.74) is 2.48. The molecule has 3 nitrogen and oxygen atoms in total. The van der Waals surface area contributed by atoms with Gasteiger partial charge in [0.15, 0.2) is 8.32 Å². The van der Waals surface area contributed by atoms with Crippen molar-refractivity contribution in [1.82, 2.24) is 5.32 Å². The van der Waals surface area contributed by atoms with E-state index in [9.17, 15) is 0 Å². The number of hydrogen-bond acceptors (Lipinski definition) is 3. The molecule has 142 valence electrons. The first-order chi connectivity index (χ1) is 12.2. The second kappa shape index (κ2) is 8.85. The minimum atomic E-state index is -1.85. The first-order valence-corrected chi connectivity index (χ1v) is 12.2. The van der Waals surface area contributed by atoms with Crippen molar-refractivity contribution in [3.63, 3.8) is 0 Å². The maximum absolute atomic E-state index is 6.72. The Hall–Kier alpha value is -1.62. The number of ether oxygens (including phenoxy) is 1. The van der Waals surface area contributed by atoms with Gasteiger partial charge in [-0.1, -0.05) is 63.2 Å². The van der Waals surface area contributed by atoms with Crippen molar-refractivity contribution in [3.8, 4) is 5.75 Å². The summed E-state index contributed by atoms with van der Waals surface area (Å²) in [5.74, 6) is 0.886. The fourth-order valence-electron chi connectivity index (χ4n) is 2.52. The first kappa shape index (κ1) is 20.7. The minimum absolute atomic E-state index is 0.0651. The molecule has 2 rings (SSSR count). The lowest BCUT2D eigenvalue weighted by Gasteiger charge is -2.39. The summed E-state index contributed by atoms with van der Waals surface area (Å²) < 4.78 is 11.9. The fraction of sp³-hybridized carbons (Fsp3) is 0.455. The fourth-order valence-corrected chi connectivity index (χ4v) is 3.80. The molecule has 2 aromatic carbocycles. The minimum Gasteiger partial charge on any atom is -0.497 e. The van der Waals surface area contributed by atoms with E-state index in [4.69, 9.17) is 9.16 Å². The zero-order valence-corrected chi connectivity index (χ0v) is 18.0. The van der Waals surface area contributed by atoms with Crippen LogP contribution in [0, 0.1) is 0 Å². The van der Waals surface area contributed by atoms with Gasteiger partial charge in [-0.05, 0) is 41.4 Å². The van der Waals surface area contributed by atoms with Gasteiger partial charge < -0.3 is 14.5 Å². The SMILES string of the molecule is COc1ccc(CNCC(O[Si](C)(C)C(C)(C)C)c2ccccc2)cc1. The Morgan fingerprint density at radius 1 is 0.962 bits per heavy atom. The molecule has 1 unspecified atom stereocenters. The number of methoxy groups -OCH3 is 1. The molecule has 0 radical (unpaired) electrons. The Balaban J connectivity index is 2.04. The van der Waals surface area contributed by atoms with E-state index < -0.39 is 8.32 Å². The quantitative estimate of drug-likeness (QED) is 0.617. The second-order valence-electron chi connectivity index (χ2n) is 8.26. The van der Waals surface area contributed by atoms with Gasteiger partial charge in [0, 0.05) is 13.1 Å². The summed E-state index contributed by atoms with van der Waals surface area (Å²) in [4.78, 5) is 0. The highest BCUT2D eigenvalue weighted by Crippen LogP contribution is 2.39. The molecule has 1 atom stereocenters. The van der Waals surface area contributed by atoms with Crippen molar-refractivity contribution in [2.24, 2.45) is 0 Å². The maximum atomic E-state index is 6.72. The zero-order chi connectivity index (χ0) is 19.2. The average Bonchev–Trinajstić information content (AvgIpc) is 2.61. The average molecular weight is 372 g/mol. The van der Waals surface area contributed by atoms with Gasteiger partial charge in [0.1, 0.15) is 5.75 Å². The summed E-state index contributed by atoms with van der Waals surface area (Å²) in [5, 5.41) is 3.76. The summed E-state index contributed by atoms with van der Waals surface area (Å²) in [6.07, 6.45) is 0.0651. The lowest BCUT2D eigenvalue weighted by Crippen LogP contribution is -2.43. The second-order valence-corrected chi connectivity index (χ2v) is 13.0. The van der Waals surface area contributed by atoms with Crippen molar-refractivity contribution in [2.75, 3.05) is 13.7 Å². The van der Waals surface area contributed by atoms with E-state index in [0.29, 0.717) is 0 Å². The highest BCUT2D eigenvalue weighted by atomic mass is 28.4. The third-order valence-electron chi connectivity index (χ3n) is 5.23. The third kappa shape index (κ3) is 5.69. The molecular weight excluding hydrogens is 338 g/mol. The van der Waals surface area contributed by atoms with Gasteiger partial charge in [0.2, 0.25) is 0 Å². The number of rotatable bonds is 8. The lowest BCUT2D eigenvalue weighted by molar-refractivity contribution is 0.180. The van der Waals surface area contributed by atoms with Crippen LogP contribution in [-0.2, 0) is 11.0 Å². The van der Waals surface area contributed by atoms with Gasteiger partial charge in [-0.15, -0.1) is 0 Å². The van der Waals surface area contributed by atoms with E-state index in [-0.39, 0.29) is 11.1 Å². The van der Waals surface area contributed by atoms with Crippen LogP contribution in [0.1, 0.15) is 38.0 Å². The van der Waals surface area contributed by atoms with Crippen LogP contribution < -0.4 is 10.1 Å². The largest absolute Gasteiger partial charge is 0.497 e. The van der Waals surface area contributed by atoms with Crippen molar-refractivity contribution < 1.29 is 9.16 Å². The van der Waals surface area contributed by atoms with Gasteiger partial charge in [0.05, 0.1) is 13.2 Å². The topological polar surface area (TPSA) is 30.5 Å². The van der Waals surface area contributed by atoms with Gasteiger partial charge in [-0.2, -0.15) is 0 Å². The van der Waals surface area contributed by atoms with Crippen LogP contribution in [0.25, 0.3) is 0 Å². The molecule has 26 heavy (non-hydrogen) atoms. The third-order valence-corrected chi connectivity index (χ3v) is 9.72. The molecule has 0 aliphatic heterocycles. The predicted octanol–water partition coefficient (Wildman–Crippen LogP) is 5.55. The Bertz CT molecular complexity index is 663. The smallest absolute Gasteiger partial charge is 0.192 e. The van der Waals surface area contributed by atoms with E-state index in [1.807, 2.05) is 12.1 Å². The van der Waals surface area contributed by atoms with Crippen LogP contribution in [0.2, 0.25) is 18.1 Å². The molecule has 1 N–H and O–H groups in total. The van der Waals surface area contributed by atoms with E-state index in [0.717, 1.165) is 18.8 Å². The monoisotopic (exact) mass is 371 g/mol. The molecular formula is C22H33NO2Si. The zero-order valence-electron chi connectivity index (χ0n) is 17.0. The summed E-state index contributed by atoms with van der Waals surface area (Å²) in [7, 11) is -0.159. The Morgan fingerprint density at radius 3 is 2.12 bits per heavy atom. The number of benzene rings is 2. The molecule has 0 spiro atoms. The standard InChI is InChI=1S/C22H33NO2Si/c1-22(2,3)26(5,6)25-21(19-10-8-7-9-11-19)17-23-16-18-12-14-20(24-4)15-13-18/h7-15,21,23H,16-17H2,1-6H3. The predicted molar refractivity (Wildman–Crippen MR) is 112 cm³/mol.